The van der Waals surface area contributed by atoms with Gasteiger partial charge in [-0.15, -0.1) is 0 Å². The van der Waals surface area contributed by atoms with Gasteiger partial charge in [0.05, 0.1) is 4.90 Å². The fourth-order valence-electron chi connectivity index (χ4n) is 2.67. The maximum absolute atomic E-state index is 12.5. The molecular weight excluding hydrogens is 326 g/mol. The number of carbonyl (C=O) groups is 1. The van der Waals surface area contributed by atoms with Gasteiger partial charge < -0.3 is 11.5 Å². The molecule has 6 nitrogen and oxygen atoms in total. The Morgan fingerprint density at radius 2 is 1.75 bits per heavy atom. The largest absolute Gasteiger partial charge is 0.370 e. The zero-order valence-corrected chi connectivity index (χ0v) is 13.7. The molecule has 0 aliphatic carbocycles. The number of nitrogens with two attached hydrogens (primary N) is 2. The van der Waals surface area contributed by atoms with Crippen molar-refractivity contribution in [1.29, 1.82) is 0 Å². The average molecular weight is 341 g/mol. The third kappa shape index (κ3) is 2.69. The van der Waals surface area contributed by atoms with Gasteiger partial charge in [-0.1, -0.05) is 30.3 Å². The number of hydrogen-bond donors (Lipinski definition) is 2. The average Bonchev–Trinajstić information content (AvgIpc) is 2.77. The van der Waals surface area contributed by atoms with Crippen LogP contribution in [0.15, 0.2) is 57.8 Å². The van der Waals surface area contributed by atoms with Crippen molar-refractivity contribution in [2.45, 2.75) is 11.8 Å². The molecule has 2 aromatic rings. The SMILES string of the molecule is Cc1cc2c(cc1C(=O)N=C(N)N)S(=O)(=O)C=C2c1ccccc1. The number of sulfone groups is 1. The quantitative estimate of drug-likeness (QED) is 0.635. The van der Waals surface area contributed by atoms with Crippen LogP contribution in [-0.2, 0) is 9.84 Å². The van der Waals surface area contributed by atoms with E-state index in [1.165, 1.54) is 11.5 Å². The summed E-state index contributed by atoms with van der Waals surface area (Å²) in [5, 5.41) is 1.22. The van der Waals surface area contributed by atoms with Gasteiger partial charge in [-0.3, -0.25) is 4.79 Å². The van der Waals surface area contributed by atoms with Crippen LogP contribution in [0, 0.1) is 6.92 Å². The first-order valence-corrected chi connectivity index (χ1v) is 8.65. The van der Waals surface area contributed by atoms with E-state index in [1.54, 1.807) is 13.0 Å². The van der Waals surface area contributed by atoms with Crippen LogP contribution in [0.3, 0.4) is 0 Å². The summed E-state index contributed by atoms with van der Waals surface area (Å²) in [5.41, 5.74) is 13.2. The number of amides is 1. The minimum absolute atomic E-state index is 0.0843. The number of fused-ring (bicyclic) bond motifs is 1. The van der Waals surface area contributed by atoms with Crippen molar-refractivity contribution in [3.63, 3.8) is 0 Å². The molecule has 0 atom stereocenters. The summed E-state index contributed by atoms with van der Waals surface area (Å²) in [6.07, 6.45) is 0. The lowest BCUT2D eigenvalue weighted by molar-refractivity contribution is 0.100. The van der Waals surface area contributed by atoms with Crippen molar-refractivity contribution in [2.75, 3.05) is 0 Å². The Morgan fingerprint density at radius 3 is 2.38 bits per heavy atom. The van der Waals surface area contributed by atoms with Crippen molar-refractivity contribution < 1.29 is 13.2 Å². The highest BCUT2D eigenvalue weighted by atomic mass is 32.2. The monoisotopic (exact) mass is 341 g/mol. The van der Waals surface area contributed by atoms with Crippen LogP contribution in [0.1, 0.15) is 27.0 Å². The molecule has 122 valence electrons. The molecule has 0 saturated carbocycles. The highest BCUT2D eigenvalue weighted by molar-refractivity contribution is 7.95. The lowest BCUT2D eigenvalue weighted by atomic mass is 9.96. The summed E-state index contributed by atoms with van der Waals surface area (Å²) in [6.45, 7) is 1.71. The second-order valence-corrected chi connectivity index (χ2v) is 7.21. The first kappa shape index (κ1) is 15.9. The van der Waals surface area contributed by atoms with Gasteiger partial charge in [0.2, 0.25) is 9.84 Å². The highest BCUT2D eigenvalue weighted by Crippen LogP contribution is 2.39. The predicted molar refractivity (Wildman–Crippen MR) is 92.0 cm³/mol. The molecule has 1 aliphatic rings. The lowest BCUT2D eigenvalue weighted by Crippen LogP contribution is -2.24. The molecule has 0 bridgehead atoms. The summed E-state index contributed by atoms with van der Waals surface area (Å²) in [5.74, 6) is -1.04. The molecule has 1 amide bonds. The van der Waals surface area contributed by atoms with E-state index < -0.39 is 15.7 Å². The van der Waals surface area contributed by atoms with Crippen LogP contribution in [0.4, 0.5) is 0 Å². The summed E-state index contributed by atoms with van der Waals surface area (Å²) >= 11 is 0. The van der Waals surface area contributed by atoms with E-state index in [0.29, 0.717) is 16.7 Å². The molecule has 0 unspecified atom stereocenters. The number of aliphatic imine (C=N–C) groups is 1. The Labute approximate surface area is 139 Å². The maximum atomic E-state index is 12.5. The summed E-state index contributed by atoms with van der Waals surface area (Å²) in [6, 6.07) is 12.2. The number of nitrogens with zero attached hydrogens (tertiary/aromatic N) is 1. The zero-order valence-electron chi connectivity index (χ0n) is 12.9. The van der Waals surface area contributed by atoms with Crippen molar-refractivity contribution in [3.05, 3.63) is 70.1 Å². The van der Waals surface area contributed by atoms with Gasteiger partial charge >= 0.3 is 0 Å². The minimum atomic E-state index is -3.63. The first-order chi connectivity index (χ1) is 11.3. The molecule has 4 N–H and O–H groups in total. The fourth-order valence-corrected chi connectivity index (χ4v) is 4.12. The number of guanidine groups is 1. The van der Waals surface area contributed by atoms with Crippen molar-refractivity contribution in [1.82, 2.24) is 0 Å². The molecule has 24 heavy (non-hydrogen) atoms. The van der Waals surface area contributed by atoms with Crippen molar-refractivity contribution >= 4 is 27.3 Å². The number of hydrogen-bond acceptors (Lipinski definition) is 3. The van der Waals surface area contributed by atoms with E-state index in [2.05, 4.69) is 4.99 Å². The number of benzene rings is 2. The minimum Gasteiger partial charge on any atom is -0.370 e. The first-order valence-electron chi connectivity index (χ1n) is 7.11. The molecule has 0 radical (unpaired) electrons. The maximum Gasteiger partial charge on any atom is 0.280 e. The van der Waals surface area contributed by atoms with Crippen molar-refractivity contribution in [2.24, 2.45) is 16.5 Å². The van der Waals surface area contributed by atoms with Crippen molar-refractivity contribution in [3.8, 4) is 0 Å². The van der Waals surface area contributed by atoms with Gasteiger partial charge in [-0.05, 0) is 30.2 Å². The Kier molecular flexibility index (Phi) is 3.73. The number of rotatable bonds is 2. The highest BCUT2D eigenvalue weighted by Gasteiger charge is 2.29. The molecule has 0 spiro atoms. The normalized spacial score (nSPS) is 14.6. The van der Waals surface area contributed by atoms with Crippen LogP contribution in [0.5, 0.6) is 0 Å². The predicted octanol–water partition coefficient (Wildman–Crippen LogP) is 1.59. The van der Waals surface area contributed by atoms with E-state index in [0.717, 1.165) is 5.56 Å². The summed E-state index contributed by atoms with van der Waals surface area (Å²) in [7, 11) is -3.63. The smallest absolute Gasteiger partial charge is 0.280 e. The Balaban J connectivity index is 2.20. The standard InChI is InChI=1S/C17H15N3O3S/c1-10-7-13-14(11-5-3-2-4-6-11)9-24(22,23)15(13)8-12(10)16(21)20-17(18)19/h2-9H,1H3,(H4,18,19,20,21). The zero-order chi connectivity index (χ0) is 17.5. The van der Waals surface area contributed by atoms with E-state index in [4.69, 9.17) is 11.5 Å². The summed E-state index contributed by atoms with van der Waals surface area (Å²) in [4.78, 5) is 15.6. The molecular formula is C17H15N3O3S. The molecule has 2 aromatic carbocycles. The topological polar surface area (TPSA) is 116 Å². The third-order valence-electron chi connectivity index (χ3n) is 3.74. The Hall–Kier alpha value is -2.93. The third-order valence-corrected chi connectivity index (χ3v) is 5.24. The lowest BCUT2D eigenvalue weighted by Gasteiger charge is -2.09. The van der Waals surface area contributed by atoms with Gasteiger partial charge in [0.25, 0.3) is 5.91 Å². The Bertz CT molecular complexity index is 1000. The Morgan fingerprint density at radius 1 is 1.08 bits per heavy atom. The molecule has 0 aromatic heterocycles. The van der Waals surface area contributed by atoms with E-state index >= 15 is 0 Å². The van der Waals surface area contributed by atoms with Gasteiger partial charge in [0.1, 0.15) is 0 Å². The van der Waals surface area contributed by atoms with Gasteiger partial charge in [0.15, 0.2) is 5.96 Å². The van der Waals surface area contributed by atoms with Crippen LogP contribution in [0.2, 0.25) is 0 Å². The van der Waals surface area contributed by atoms with Gasteiger partial charge in [-0.2, -0.15) is 4.99 Å². The number of carbonyl (C=O) groups excluding carboxylic acids is 1. The van der Waals surface area contributed by atoms with Crippen LogP contribution in [0.25, 0.3) is 5.57 Å². The van der Waals surface area contributed by atoms with Crippen LogP contribution < -0.4 is 11.5 Å². The number of aryl methyl sites for hydroxylation is 1. The molecule has 7 heteroatoms. The molecule has 0 saturated heterocycles. The molecule has 1 heterocycles. The fraction of sp³-hybridized carbons (Fsp3) is 0.0588. The van der Waals surface area contributed by atoms with Gasteiger partial charge in [-0.25, -0.2) is 8.42 Å². The van der Waals surface area contributed by atoms with Crippen LogP contribution in [-0.4, -0.2) is 20.3 Å². The summed E-state index contributed by atoms with van der Waals surface area (Å²) < 4.78 is 24.9. The molecule has 1 aliphatic heterocycles. The molecule has 3 rings (SSSR count). The molecule has 0 fully saturated rings. The van der Waals surface area contributed by atoms with E-state index in [1.807, 2.05) is 30.3 Å². The van der Waals surface area contributed by atoms with Gasteiger partial charge in [0, 0.05) is 22.1 Å². The van der Waals surface area contributed by atoms with Crippen LogP contribution >= 0.6 is 0 Å². The second kappa shape index (κ2) is 5.61. The van der Waals surface area contributed by atoms with E-state index in [9.17, 15) is 13.2 Å². The van der Waals surface area contributed by atoms with E-state index in [-0.39, 0.29) is 16.4 Å². The second-order valence-electron chi connectivity index (χ2n) is 5.45.